The van der Waals surface area contributed by atoms with E-state index in [1.807, 2.05) is 0 Å². The van der Waals surface area contributed by atoms with Crippen molar-refractivity contribution in [3.63, 3.8) is 0 Å². The molecule has 96 valence electrons. The molecule has 0 aliphatic carbocycles. The van der Waals surface area contributed by atoms with Crippen LogP contribution in [-0.4, -0.2) is 17.6 Å². The molecule has 0 aliphatic heterocycles. The first kappa shape index (κ1) is 14.0. The Morgan fingerprint density at radius 2 is 2.06 bits per heavy atom. The van der Waals surface area contributed by atoms with Gasteiger partial charge in [0.2, 0.25) is 0 Å². The van der Waals surface area contributed by atoms with Crippen molar-refractivity contribution >= 4 is 17.3 Å². The number of hydrogen-bond donors (Lipinski definition) is 0. The summed E-state index contributed by atoms with van der Waals surface area (Å²) in [5, 5.41) is 0.278. The highest BCUT2D eigenvalue weighted by Crippen LogP contribution is 2.36. The summed E-state index contributed by atoms with van der Waals surface area (Å²) in [5.74, 6) is -1.13. The maximum absolute atomic E-state index is 12.7. The lowest BCUT2D eigenvalue weighted by Gasteiger charge is -2.05. The molecule has 0 aliphatic rings. The van der Waals surface area contributed by atoms with Gasteiger partial charge in [-0.1, -0.05) is 13.8 Å². The van der Waals surface area contributed by atoms with E-state index < -0.39 is 22.7 Å². The van der Waals surface area contributed by atoms with Gasteiger partial charge in [0.25, 0.3) is 0 Å². The van der Waals surface area contributed by atoms with Gasteiger partial charge >= 0.3 is 12.1 Å². The molecule has 0 N–H and O–H groups in total. The normalized spacial score (nSPS) is 11.9. The average Bonchev–Trinajstić information content (AvgIpc) is 2.61. The van der Waals surface area contributed by atoms with E-state index in [4.69, 9.17) is 0 Å². The summed E-state index contributed by atoms with van der Waals surface area (Å²) in [6, 6.07) is 0. The van der Waals surface area contributed by atoms with Crippen LogP contribution in [0.5, 0.6) is 0 Å². The van der Waals surface area contributed by atoms with E-state index >= 15 is 0 Å². The Labute approximate surface area is 101 Å². The smallest absolute Gasteiger partial charge is 0.435 e. The van der Waals surface area contributed by atoms with Gasteiger partial charge in [0, 0.05) is 5.92 Å². The predicted octanol–water partition coefficient (Wildman–Crippen LogP) is 3.46. The van der Waals surface area contributed by atoms with E-state index in [9.17, 15) is 18.0 Å². The Kier molecular flexibility index (Phi) is 4.13. The monoisotopic (exact) mass is 267 g/mol. The summed E-state index contributed by atoms with van der Waals surface area (Å²) < 4.78 is 42.6. The molecule has 1 aromatic rings. The summed E-state index contributed by atoms with van der Waals surface area (Å²) >= 11 is 0.737. The third-order valence-electron chi connectivity index (χ3n) is 1.87. The molecule has 0 radical (unpaired) electrons. The molecule has 0 bridgehead atoms. The molecule has 0 saturated carbocycles. The third kappa shape index (κ3) is 3.18. The van der Waals surface area contributed by atoms with Crippen LogP contribution in [0.25, 0.3) is 0 Å². The predicted molar refractivity (Wildman–Crippen MR) is 57.2 cm³/mol. The summed E-state index contributed by atoms with van der Waals surface area (Å²) in [4.78, 5) is 14.4. The Balaban J connectivity index is 3.22. The fourth-order valence-electron chi connectivity index (χ4n) is 1.11. The van der Waals surface area contributed by atoms with E-state index in [1.165, 1.54) is 6.92 Å². The number of rotatable bonds is 3. The second-order valence-electron chi connectivity index (χ2n) is 3.60. The number of aromatic nitrogens is 1. The van der Waals surface area contributed by atoms with E-state index in [-0.39, 0.29) is 17.5 Å². The van der Waals surface area contributed by atoms with Crippen molar-refractivity contribution in [3.05, 3.63) is 15.6 Å². The molecular formula is C10H12F3NO2S. The summed E-state index contributed by atoms with van der Waals surface area (Å²) in [6.07, 6.45) is -4.63. The largest absolute Gasteiger partial charge is 0.462 e. The van der Waals surface area contributed by atoms with Gasteiger partial charge in [0.1, 0.15) is 4.88 Å². The van der Waals surface area contributed by atoms with Crippen LogP contribution in [0.15, 0.2) is 0 Å². The Morgan fingerprint density at radius 1 is 1.47 bits per heavy atom. The van der Waals surface area contributed by atoms with Crippen molar-refractivity contribution in [1.82, 2.24) is 4.98 Å². The van der Waals surface area contributed by atoms with Crippen molar-refractivity contribution < 1.29 is 22.7 Å². The van der Waals surface area contributed by atoms with Crippen LogP contribution in [0.1, 0.15) is 47.1 Å². The molecule has 1 heterocycles. The minimum atomic E-state index is -4.63. The first-order chi connectivity index (χ1) is 7.77. The fraction of sp³-hybridized carbons (Fsp3) is 0.600. The quantitative estimate of drug-likeness (QED) is 0.787. The molecule has 0 atom stereocenters. The molecule has 0 spiro atoms. The Bertz CT molecular complexity index is 412. The van der Waals surface area contributed by atoms with Crippen molar-refractivity contribution in [1.29, 1.82) is 0 Å². The van der Waals surface area contributed by atoms with Gasteiger partial charge in [-0.3, -0.25) is 0 Å². The van der Waals surface area contributed by atoms with E-state index in [0.29, 0.717) is 0 Å². The van der Waals surface area contributed by atoms with Crippen molar-refractivity contribution in [2.45, 2.75) is 32.9 Å². The number of carbonyl (C=O) groups excluding carboxylic acids is 1. The molecule has 17 heavy (non-hydrogen) atoms. The zero-order valence-electron chi connectivity index (χ0n) is 9.59. The van der Waals surface area contributed by atoms with Crippen LogP contribution < -0.4 is 0 Å². The first-order valence-electron chi connectivity index (χ1n) is 5.02. The standard InChI is InChI=1S/C10H12F3NO2S/c1-4-16-9(15)6-7(10(11,12)13)14-8(17-6)5(2)3/h5H,4H2,1-3H3. The van der Waals surface area contributed by atoms with Crippen LogP contribution in [-0.2, 0) is 10.9 Å². The summed E-state index contributed by atoms with van der Waals surface area (Å²) in [7, 11) is 0. The summed E-state index contributed by atoms with van der Waals surface area (Å²) in [6.45, 7) is 5.00. The molecule has 0 fully saturated rings. The van der Waals surface area contributed by atoms with Gasteiger partial charge in [0.15, 0.2) is 5.69 Å². The van der Waals surface area contributed by atoms with Gasteiger partial charge in [0.05, 0.1) is 11.6 Å². The number of alkyl halides is 3. The zero-order chi connectivity index (χ0) is 13.2. The average molecular weight is 267 g/mol. The topological polar surface area (TPSA) is 39.2 Å². The molecule has 0 aromatic carbocycles. The lowest BCUT2D eigenvalue weighted by Crippen LogP contribution is -2.13. The molecular weight excluding hydrogens is 255 g/mol. The summed E-state index contributed by atoms with van der Waals surface area (Å²) in [5.41, 5.74) is -1.15. The highest BCUT2D eigenvalue weighted by atomic mass is 32.1. The van der Waals surface area contributed by atoms with Crippen molar-refractivity contribution in [2.75, 3.05) is 6.61 Å². The number of ether oxygens (including phenoxy) is 1. The van der Waals surface area contributed by atoms with E-state index in [0.717, 1.165) is 11.3 Å². The number of thiazole rings is 1. The minimum Gasteiger partial charge on any atom is -0.462 e. The van der Waals surface area contributed by atoms with Crippen LogP contribution >= 0.6 is 11.3 Å². The molecule has 1 aromatic heterocycles. The fourth-order valence-corrected chi connectivity index (χ4v) is 2.09. The highest BCUT2D eigenvalue weighted by Gasteiger charge is 2.40. The van der Waals surface area contributed by atoms with Crippen LogP contribution in [0.3, 0.4) is 0 Å². The lowest BCUT2D eigenvalue weighted by atomic mass is 10.2. The number of hydrogen-bond acceptors (Lipinski definition) is 4. The number of nitrogens with zero attached hydrogens (tertiary/aromatic N) is 1. The third-order valence-corrected chi connectivity index (χ3v) is 3.20. The molecule has 1 rings (SSSR count). The molecule has 0 amide bonds. The van der Waals surface area contributed by atoms with E-state index in [1.54, 1.807) is 13.8 Å². The van der Waals surface area contributed by atoms with Gasteiger partial charge in [-0.25, -0.2) is 9.78 Å². The Hall–Kier alpha value is -1.11. The molecule has 7 heteroatoms. The van der Waals surface area contributed by atoms with Gasteiger partial charge in [-0.05, 0) is 6.92 Å². The number of carbonyl (C=O) groups is 1. The van der Waals surface area contributed by atoms with Crippen molar-refractivity contribution in [2.24, 2.45) is 0 Å². The molecule has 0 saturated heterocycles. The molecule has 0 unspecified atom stereocenters. The highest BCUT2D eigenvalue weighted by molar-refractivity contribution is 7.13. The van der Waals surface area contributed by atoms with Gasteiger partial charge in [-0.15, -0.1) is 11.3 Å². The molecule has 3 nitrogen and oxygen atoms in total. The SMILES string of the molecule is CCOC(=O)c1sc(C(C)C)nc1C(F)(F)F. The maximum Gasteiger partial charge on any atom is 0.435 e. The Morgan fingerprint density at radius 3 is 2.47 bits per heavy atom. The zero-order valence-corrected chi connectivity index (χ0v) is 10.4. The van der Waals surface area contributed by atoms with Crippen LogP contribution in [0.4, 0.5) is 13.2 Å². The van der Waals surface area contributed by atoms with Gasteiger partial charge in [-0.2, -0.15) is 13.2 Å². The van der Waals surface area contributed by atoms with Crippen LogP contribution in [0, 0.1) is 0 Å². The second-order valence-corrected chi connectivity index (χ2v) is 4.63. The second kappa shape index (κ2) is 5.03. The van der Waals surface area contributed by atoms with E-state index in [2.05, 4.69) is 9.72 Å². The van der Waals surface area contributed by atoms with Crippen LogP contribution in [0.2, 0.25) is 0 Å². The minimum absolute atomic E-state index is 0.0328. The number of halogens is 3. The number of esters is 1. The van der Waals surface area contributed by atoms with Crippen molar-refractivity contribution in [3.8, 4) is 0 Å². The lowest BCUT2D eigenvalue weighted by molar-refractivity contribution is -0.141. The maximum atomic E-state index is 12.7. The van der Waals surface area contributed by atoms with Gasteiger partial charge < -0.3 is 4.74 Å². The first-order valence-corrected chi connectivity index (χ1v) is 5.84.